The van der Waals surface area contributed by atoms with Gasteiger partial charge in [0.25, 0.3) is 11.5 Å². The fraction of sp³-hybridized carbons (Fsp3) is 0.462. The van der Waals surface area contributed by atoms with Crippen molar-refractivity contribution in [2.24, 2.45) is 0 Å². The third kappa shape index (κ3) is 5.13. The highest BCUT2D eigenvalue weighted by Gasteiger charge is 2.27. The molecule has 8 nitrogen and oxygen atoms in total. The summed E-state index contributed by atoms with van der Waals surface area (Å²) >= 11 is 7.38. The van der Waals surface area contributed by atoms with Gasteiger partial charge in [0.2, 0.25) is 5.91 Å². The topological polar surface area (TPSA) is 87.5 Å². The Balaban J connectivity index is 1.29. The first-order valence-electron chi connectivity index (χ1n) is 12.5. The Bertz CT molecular complexity index is 1340. The van der Waals surface area contributed by atoms with Crippen LogP contribution in [0.5, 0.6) is 0 Å². The van der Waals surface area contributed by atoms with Crippen LogP contribution in [0.25, 0.3) is 10.2 Å². The van der Waals surface area contributed by atoms with Gasteiger partial charge >= 0.3 is 0 Å². The Morgan fingerprint density at radius 3 is 2.61 bits per heavy atom. The molecule has 1 N–H and O–H groups in total. The first kappa shape index (κ1) is 24.8. The van der Waals surface area contributed by atoms with Gasteiger partial charge in [-0.3, -0.25) is 19.0 Å². The van der Waals surface area contributed by atoms with Gasteiger partial charge in [0.15, 0.2) is 0 Å². The predicted molar refractivity (Wildman–Crippen MR) is 143 cm³/mol. The van der Waals surface area contributed by atoms with Crippen molar-refractivity contribution < 1.29 is 9.59 Å². The molecule has 2 amide bonds. The number of thiophene rings is 1. The molecule has 0 spiro atoms. The molecule has 1 aliphatic heterocycles. The smallest absolute Gasteiger partial charge is 0.264 e. The summed E-state index contributed by atoms with van der Waals surface area (Å²) in [6.45, 7) is 4.30. The average molecular weight is 528 g/mol. The van der Waals surface area contributed by atoms with Crippen LogP contribution in [-0.4, -0.2) is 58.5 Å². The second-order valence-electron chi connectivity index (χ2n) is 9.58. The van der Waals surface area contributed by atoms with E-state index < -0.39 is 0 Å². The van der Waals surface area contributed by atoms with Crippen LogP contribution in [0.4, 0.5) is 5.69 Å². The molecule has 3 heterocycles. The molecule has 3 aromatic rings. The number of carbonyl (C=O) groups excluding carboxylic acids is 2. The highest BCUT2D eigenvalue weighted by atomic mass is 35.5. The number of aryl methyl sites for hydroxylation is 1. The van der Waals surface area contributed by atoms with Crippen molar-refractivity contribution in [1.29, 1.82) is 0 Å². The van der Waals surface area contributed by atoms with Crippen LogP contribution in [0.1, 0.15) is 47.3 Å². The number of hydrogen-bond donors (Lipinski definition) is 1. The first-order valence-corrected chi connectivity index (χ1v) is 13.7. The van der Waals surface area contributed by atoms with Gasteiger partial charge in [-0.15, -0.1) is 11.3 Å². The Morgan fingerprint density at radius 1 is 1.14 bits per heavy atom. The van der Waals surface area contributed by atoms with Gasteiger partial charge in [0, 0.05) is 42.9 Å². The Labute approximate surface area is 218 Å². The van der Waals surface area contributed by atoms with Crippen molar-refractivity contribution >= 4 is 50.7 Å². The van der Waals surface area contributed by atoms with Gasteiger partial charge in [0.05, 0.1) is 16.6 Å². The molecule has 2 aromatic heterocycles. The highest BCUT2D eigenvalue weighted by Crippen LogP contribution is 2.29. The number of nitrogens with one attached hydrogen (secondary N) is 1. The van der Waals surface area contributed by atoms with Gasteiger partial charge in [-0.1, -0.05) is 36.9 Å². The number of amides is 2. The number of carbonyl (C=O) groups is 2. The number of nitrogens with zero attached hydrogens (tertiary/aromatic N) is 4. The number of halogens is 1. The van der Waals surface area contributed by atoms with E-state index in [1.165, 1.54) is 28.7 Å². The molecule has 5 rings (SSSR count). The monoisotopic (exact) mass is 527 g/mol. The zero-order valence-electron chi connectivity index (χ0n) is 20.3. The Hall–Kier alpha value is -2.91. The van der Waals surface area contributed by atoms with E-state index in [-0.39, 0.29) is 30.0 Å². The van der Waals surface area contributed by atoms with Crippen LogP contribution in [0.2, 0.25) is 5.02 Å². The van der Waals surface area contributed by atoms with E-state index in [2.05, 4.69) is 15.2 Å². The lowest BCUT2D eigenvalue weighted by molar-refractivity contribution is -0.122. The van der Waals surface area contributed by atoms with Crippen LogP contribution < -0.4 is 15.8 Å². The minimum atomic E-state index is -0.280. The summed E-state index contributed by atoms with van der Waals surface area (Å²) in [5, 5.41) is 4.16. The molecular formula is C26H30ClN5O3S. The maximum Gasteiger partial charge on any atom is 0.264 e. The number of hydrogen-bond acceptors (Lipinski definition) is 6. The van der Waals surface area contributed by atoms with E-state index >= 15 is 0 Å². The molecule has 190 valence electrons. The maximum absolute atomic E-state index is 13.4. The van der Waals surface area contributed by atoms with E-state index in [0.29, 0.717) is 51.9 Å². The predicted octanol–water partition coefficient (Wildman–Crippen LogP) is 3.83. The van der Waals surface area contributed by atoms with E-state index in [0.717, 1.165) is 31.4 Å². The third-order valence-electron chi connectivity index (χ3n) is 7.14. The molecule has 36 heavy (non-hydrogen) atoms. The lowest BCUT2D eigenvalue weighted by Gasteiger charge is -2.36. The van der Waals surface area contributed by atoms with E-state index in [4.69, 9.17) is 11.6 Å². The minimum Gasteiger partial charge on any atom is -0.368 e. The summed E-state index contributed by atoms with van der Waals surface area (Å²) in [6, 6.07) is 7.91. The molecule has 10 heteroatoms. The fourth-order valence-corrected chi connectivity index (χ4v) is 6.43. The summed E-state index contributed by atoms with van der Waals surface area (Å²) in [7, 11) is 0. The van der Waals surface area contributed by atoms with Crippen molar-refractivity contribution in [2.75, 3.05) is 31.1 Å². The highest BCUT2D eigenvalue weighted by molar-refractivity contribution is 7.20. The van der Waals surface area contributed by atoms with E-state index in [9.17, 15) is 14.4 Å². The van der Waals surface area contributed by atoms with Crippen molar-refractivity contribution in [3.05, 3.63) is 56.4 Å². The molecule has 1 aromatic carbocycles. The van der Waals surface area contributed by atoms with Crippen LogP contribution in [0.3, 0.4) is 0 Å². The first-order chi connectivity index (χ1) is 17.4. The lowest BCUT2D eigenvalue weighted by Crippen LogP contribution is -2.48. The Morgan fingerprint density at radius 2 is 1.89 bits per heavy atom. The number of piperazine rings is 1. The summed E-state index contributed by atoms with van der Waals surface area (Å²) in [5.74, 6) is -0.255. The molecule has 1 saturated heterocycles. The van der Waals surface area contributed by atoms with Crippen LogP contribution in [-0.2, 0) is 11.3 Å². The lowest BCUT2D eigenvalue weighted by atomic mass is 9.95. The van der Waals surface area contributed by atoms with Gasteiger partial charge in [-0.2, -0.15) is 0 Å². The van der Waals surface area contributed by atoms with Crippen molar-refractivity contribution in [3.8, 4) is 0 Å². The average Bonchev–Trinajstić information content (AvgIpc) is 3.23. The standard InChI is InChI=1S/C26H30ClN5O3S/c1-17-22-24(28-16-32(25(22)34)15-21(33)29-19-7-3-2-4-8-19)36-23(17)26(35)31-12-10-30(11-13-31)20-9-5-6-18(27)14-20/h5-6,9,14,16,19H,2-4,7-8,10-13,15H2,1H3,(H,29,33). The zero-order chi connectivity index (χ0) is 25.2. The minimum absolute atomic E-state index is 0.0672. The molecule has 1 saturated carbocycles. The van der Waals surface area contributed by atoms with Crippen molar-refractivity contribution in [3.63, 3.8) is 0 Å². The number of rotatable bonds is 5. The van der Waals surface area contributed by atoms with Gasteiger partial charge < -0.3 is 15.1 Å². The fourth-order valence-electron chi connectivity index (χ4n) is 5.13. The van der Waals surface area contributed by atoms with Gasteiger partial charge in [0.1, 0.15) is 11.4 Å². The molecule has 0 atom stereocenters. The molecular weight excluding hydrogens is 498 g/mol. The normalized spacial score (nSPS) is 16.9. The van der Waals surface area contributed by atoms with E-state index in [1.807, 2.05) is 29.2 Å². The summed E-state index contributed by atoms with van der Waals surface area (Å²) in [5.41, 5.74) is 1.40. The van der Waals surface area contributed by atoms with Crippen LogP contribution in [0.15, 0.2) is 35.4 Å². The van der Waals surface area contributed by atoms with Gasteiger partial charge in [-0.25, -0.2) is 4.98 Å². The molecule has 1 aliphatic carbocycles. The largest absolute Gasteiger partial charge is 0.368 e. The number of fused-ring (bicyclic) bond motifs is 1. The molecule has 2 aliphatic rings. The molecule has 0 unspecified atom stereocenters. The number of anilines is 1. The third-order valence-corrected chi connectivity index (χ3v) is 8.56. The maximum atomic E-state index is 13.4. The second-order valence-corrected chi connectivity index (χ2v) is 11.0. The summed E-state index contributed by atoms with van der Waals surface area (Å²) < 4.78 is 1.35. The molecule has 0 radical (unpaired) electrons. The summed E-state index contributed by atoms with van der Waals surface area (Å²) in [6.07, 6.45) is 6.85. The van der Waals surface area contributed by atoms with Crippen molar-refractivity contribution in [2.45, 2.75) is 51.6 Å². The number of aromatic nitrogens is 2. The molecule has 2 fully saturated rings. The SMILES string of the molecule is Cc1c(C(=O)N2CCN(c3cccc(Cl)c3)CC2)sc2ncn(CC(=O)NC3CCCCC3)c(=O)c12. The Kier molecular flexibility index (Phi) is 7.29. The zero-order valence-corrected chi connectivity index (χ0v) is 21.9. The number of benzene rings is 1. The summed E-state index contributed by atoms with van der Waals surface area (Å²) in [4.78, 5) is 48.7. The van der Waals surface area contributed by atoms with E-state index in [1.54, 1.807) is 6.92 Å². The quantitative estimate of drug-likeness (QED) is 0.545. The molecule has 0 bridgehead atoms. The van der Waals surface area contributed by atoms with Gasteiger partial charge in [-0.05, 0) is 43.5 Å². The van der Waals surface area contributed by atoms with Crippen LogP contribution >= 0.6 is 22.9 Å². The second kappa shape index (κ2) is 10.6. The van der Waals surface area contributed by atoms with Crippen molar-refractivity contribution in [1.82, 2.24) is 19.8 Å². The van der Waals surface area contributed by atoms with Crippen LogP contribution in [0, 0.1) is 6.92 Å².